The summed E-state index contributed by atoms with van der Waals surface area (Å²) < 4.78 is 28.1. The normalized spacial score (nSPS) is 12.1. The van der Waals surface area contributed by atoms with Crippen LogP contribution in [0.5, 0.6) is 0 Å². The number of aromatic nitrogens is 1. The van der Waals surface area contributed by atoms with E-state index in [4.69, 9.17) is 4.52 Å². The Balaban J connectivity index is 2.79. The van der Waals surface area contributed by atoms with Crippen molar-refractivity contribution in [2.75, 3.05) is 6.26 Å². The lowest BCUT2D eigenvalue weighted by atomic mass is 10.3. The van der Waals surface area contributed by atoms with Crippen molar-refractivity contribution in [2.24, 2.45) is 0 Å². The number of fused-ring (bicyclic) bond motifs is 1. The minimum atomic E-state index is -3.16. The van der Waals surface area contributed by atoms with E-state index in [1.54, 1.807) is 12.1 Å². The van der Waals surface area contributed by atoms with E-state index < -0.39 is 9.84 Å². The van der Waals surface area contributed by atoms with Crippen LogP contribution in [0.1, 0.15) is 0 Å². The van der Waals surface area contributed by atoms with Crippen molar-refractivity contribution in [1.82, 2.24) is 5.16 Å². The molecule has 0 radical (unpaired) electrons. The third-order valence-corrected chi connectivity index (χ3v) is 3.71. The molecule has 0 spiro atoms. The molecule has 0 N–H and O–H groups in total. The summed E-state index contributed by atoms with van der Waals surface area (Å²) in [7, 11) is -3.16. The van der Waals surface area contributed by atoms with Crippen molar-refractivity contribution < 1.29 is 12.9 Å². The Kier molecular flexibility index (Phi) is 2.26. The third-order valence-electron chi connectivity index (χ3n) is 1.83. The van der Waals surface area contributed by atoms with E-state index in [1.807, 2.05) is 22.6 Å². The van der Waals surface area contributed by atoms with Crippen LogP contribution in [-0.2, 0) is 9.84 Å². The highest BCUT2D eigenvalue weighted by Gasteiger charge is 2.11. The van der Waals surface area contributed by atoms with Crippen LogP contribution >= 0.6 is 22.6 Å². The zero-order chi connectivity index (χ0) is 10.3. The maximum atomic E-state index is 11.3. The van der Waals surface area contributed by atoms with Crippen LogP contribution < -0.4 is 0 Å². The number of sulfone groups is 1. The van der Waals surface area contributed by atoms with Gasteiger partial charge in [-0.2, -0.15) is 0 Å². The molecule has 14 heavy (non-hydrogen) atoms. The van der Waals surface area contributed by atoms with E-state index in [1.165, 1.54) is 12.3 Å². The van der Waals surface area contributed by atoms with Crippen LogP contribution in [0.3, 0.4) is 0 Å². The van der Waals surface area contributed by atoms with Gasteiger partial charge in [-0.1, -0.05) is 5.16 Å². The zero-order valence-electron chi connectivity index (χ0n) is 7.19. The van der Waals surface area contributed by atoms with Gasteiger partial charge in [-0.15, -0.1) is 0 Å². The maximum Gasteiger partial charge on any atom is 0.175 e. The second kappa shape index (κ2) is 3.20. The zero-order valence-corrected chi connectivity index (χ0v) is 10.2. The summed E-state index contributed by atoms with van der Waals surface area (Å²) in [6.45, 7) is 0. The van der Waals surface area contributed by atoms with Gasteiger partial charge in [0.2, 0.25) is 0 Å². The molecule has 0 saturated heterocycles. The van der Waals surface area contributed by atoms with Gasteiger partial charge in [0.25, 0.3) is 0 Å². The van der Waals surface area contributed by atoms with E-state index >= 15 is 0 Å². The van der Waals surface area contributed by atoms with Gasteiger partial charge in [0.15, 0.2) is 19.1 Å². The lowest BCUT2D eigenvalue weighted by Gasteiger charge is -1.96. The molecule has 1 heterocycles. The molecule has 74 valence electrons. The molecule has 0 amide bonds. The Labute approximate surface area is 94.3 Å². The number of halogens is 1. The molecule has 0 aliphatic rings. The van der Waals surface area contributed by atoms with Gasteiger partial charge in [0.1, 0.15) is 0 Å². The number of hydrogen-bond donors (Lipinski definition) is 0. The summed E-state index contributed by atoms with van der Waals surface area (Å²) in [5.41, 5.74) is 0.599. The summed E-state index contributed by atoms with van der Waals surface area (Å²) in [4.78, 5) is 0.283. The topological polar surface area (TPSA) is 60.2 Å². The molecule has 0 atom stereocenters. The molecule has 2 aromatic rings. The lowest BCUT2D eigenvalue weighted by Crippen LogP contribution is -1.95. The van der Waals surface area contributed by atoms with E-state index in [-0.39, 0.29) is 4.90 Å². The summed E-state index contributed by atoms with van der Waals surface area (Å²) in [6, 6.07) is 4.70. The van der Waals surface area contributed by atoms with Gasteiger partial charge in [-0.3, -0.25) is 0 Å². The standard InChI is InChI=1S/C8H6INO3S/c1-14(11,12)5-2-3-7-6(4-5)8(9)10-13-7/h2-4H,1H3. The number of hydrogen-bond acceptors (Lipinski definition) is 4. The molecule has 1 aromatic carbocycles. The SMILES string of the molecule is CS(=O)(=O)c1ccc2onc(I)c2c1. The average Bonchev–Trinajstić information content (AvgIpc) is 2.46. The predicted octanol–water partition coefficient (Wildman–Crippen LogP) is 1.84. The van der Waals surface area contributed by atoms with Gasteiger partial charge in [-0.25, -0.2) is 8.42 Å². The van der Waals surface area contributed by atoms with E-state index in [0.717, 1.165) is 5.39 Å². The summed E-state index contributed by atoms with van der Waals surface area (Å²) >= 11 is 2.00. The highest BCUT2D eigenvalue weighted by molar-refractivity contribution is 14.1. The largest absolute Gasteiger partial charge is 0.355 e. The Morgan fingerprint density at radius 1 is 1.43 bits per heavy atom. The minimum absolute atomic E-state index is 0.283. The molecule has 1 aromatic heterocycles. The first-order valence-corrected chi connectivity index (χ1v) is 6.70. The van der Waals surface area contributed by atoms with Gasteiger partial charge in [0.05, 0.1) is 10.3 Å². The molecule has 4 nitrogen and oxygen atoms in total. The molecule has 2 rings (SSSR count). The van der Waals surface area contributed by atoms with E-state index in [2.05, 4.69) is 5.16 Å². The maximum absolute atomic E-state index is 11.3. The summed E-state index contributed by atoms with van der Waals surface area (Å²) in [6.07, 6.45) is 1.18. The fraction of sp³-hybridized carbons (Fsp3) is 0.125. The summed E-state index contributed by atoms with van der Waals surface area (Å²) in [5.74, 6) is 0. The number of benzene rings is 1. The van der Waals surface area contributed by atoms with Crippen molar-refractivity contribution in [3.8, 4) is 0 Å². The molecule has 0 aliphatic heterocycles. The highest BCUT2D eigenvalue weighted by Crippen LogP contribution is 2.23. The quantitative estimate of drug-likeness (QED) is 0.752. The fourth-order valence-corrected chi connectivity index (χ4v) is 2.29. The first kappa shape index (κ1) is 9.91. The minimum Gasteiger partial charge on any atom is -0.355 e. The van der Waals surface area contributed by atoms with Crippen molar-refractivity contribution in [3.05, 3.63) is 21.9 Å². The van der Waals surface area contributed by atoms with E-state index in [9.17, 15) is 8.42 Å². The van der Waals surface area contributed by atoms with Crippen molar-refractivity contribution >= 4 is 43.4 Å². The first-order chi connectivity index (χ1) is 6.48. The van der Waals surface area contributed by atoms with Crippen LogP contribution in [0.4, 0.5) is 0 Å². The van der Waals surface area contributed by atoms with E-state index in [0.29, 0.717) is 9.28 Å². The molecule has 6 heteroatoms. The molecule has 0 unspecified atom stereocenters. The number of nitrogens with zero attached hydrogens (tertiary/aromatic N) is 1. The van der Waals surface area contributed by atoms with Gasteiger partial charge >= 0.3 is 0 Å². The van der Waals surface area contributed by atoms with Crippen LogP contribution in [0.25, 0.3) is 11.0 Å². The van der Waals surface area contributed by atoms with Crippen LogP contribution in [0, 0.1) is 3.70 Å². The Morgan fingerprint density at radius 2 is 2.14 bits per heavy atom. The van der Waals surface area contributed by atoms with Crippen molar-refractivity contribution in [2.45, 2.75) is 4.90 Å². The number of rotatable bonds is 1. The van der Waals surface area contributed by atoms with Gasteiger partial charge in [-0.05, 0) is 40.8 Å². The second-order valence-electron chi connectivity index (χ2n) is 2.90. The molecular formula is C8H6INO3S. The Morgan fingerprint density at radius 3 is 2.79 bits per heavy atom. The molecule has 0 saturated carbocycles. The van der Waals surface area contributed by atoms with Crippen LogP contribution in [0.15, 0.2) is 27.6 Å². The molecule has 0 fully saturated rings. The predicted molar refractivity (Wildman–Crippen MR) is 59.8 cm³/mol. The smallest absolute Gasteiger partial charge is 0.175 e. The lowest BCUT2D eigenvalue weighted by molar-refractivity contribution is 0.450. The monoisotopic (exact) mass is 323 g/mol. The molecule has 0 aliphatic carbocycles. The fourth-order valence-electron chi connectivity index (χ4n) is 1.12. The average molecular weight is 323 g/mol. The Hall–Kier alpha value is -0.630. The van der Waals surface area contributed by atoms with Gasteiger partial charge in [0, 0.05) is 6.26 Å². The second-order valence-corrected chi connectivity index (χ2v) is 5.94. The molecular weight excluding hydrogens is 317 g/mol. The van der Waals surface area contributed by atoms with Crippen molar-refractivity contribution in [3.63, 3.8) is 0 Å². The summed E-state index contributed by atoms with van der Waals surface area (Å²) in [5, 5.41) is 4.47. The Bertz CT molecular complexity index is 588. The highest BCUT2D eigenvalue weighted by atomic mass is 127. The van der Waals surface area contributed by atoms with Crippen molar-refractivity contribution in [1.29, 1.82) is 0 Å². The van der Waals surface area contributed by atoms with Crippen LogP contribution in [0.2, 0.25) is 0 Å². The third kappa shape index (κ3) is 1.63. The molecule has 0 bridgehead atoms. The van der Waals surface area contributed by atoms with Gasteiger partial charge < -0.3 is 4.52 Å². The van der Waals surface area contributed by atoms with Crippen LogP contribution in [-0.4, -0.2) is 19.8 Å². The first-order valence-electron chi connectivity index (χ1n) is 3.73.